The number of hydrogen-bond acceptors (Lipinski definition) is 7. The molecule has 2 unspecified atom stereocenters. The van der Waals surface area contributed by atoms with Crippen molar-refractivity contribution in [2.45, 2.75) is 296 Å². The SMILES string of the molecule is CC/C=C\C/C=C\C/C=C\C/C=C\C/C=C\C/C=C\C/C=C\CCCCCCCCCCCCCCCCCCCCCC(=O)OC(COC(=O)CCCCCCC/C=C\C/C=C\C/C=C\C/C=C\C/C=C\C/C=C\C/C=C\CC)COC(OCC[N+](C)(C)C)C(=O)O. The number of carboxylic acids is 1. The molecule has 0 saturated carbocycles. The van der Waals surface area contributed by atoms with E-state index in [4.69, 9.17) is 18.9 Å². The Morgan fingerprint density at radius 2 is 0.581 bits per heavy atom. The summed E-state index contributed by atoms with van der Waals surface area (Å²) in [5.74, 6) is -2.04. The third kappa shape index (κ3) is 73.9. The Hall–Kier alpha value is -5.35. The van der Waals surface area contributed by atoms with E-state index in [1.807, 2.05) is 21.1 Å². The molecule has 0 aliphatic heterocycles. The molecule has 0 fully saturated rings. The largest absolute Gasteiger partial charge is 0.477 e. The Kier molecular flexibility index (Phi) is 68.3. The topological polar surface area (TPSA) is 108 Å². The number of unbranched alkanes of at least 4 members (excludes halogenated alkanes) is 24. The number of likely N-dealkylation sites (N-methyl/N-ethyl adjacent to an activating group) is 1. The zero-order chi connectivity index (χ0) is 67.5. The number of esters is 2. The minimum Gasteiger partial charge on any atom is -0.477 e. The summed E-state index contributed by atoms with van der Waals surface area (Å²) in [6.45, 7) is 4.63. The summed E-state index contributed by atoms with van der Waals surface area (Å²) in [4.78, 5) is 37.7. The van der Waals surface area contributed by atoms with Gasteiger partial charge in [0.25, 0.3) is 6.29 Å². The van der Waals surface area contributed by atoms with Gasteiger partial charge in [-0.05, 0) is 128 Å². The van der Waals surface area contributed by atoms with Crippen LogP contribution in [0.1, 0.15) is 284 Å². The Balaban J connectivity index is 4.11. The van der Waals surface area contributed by atoms with E-state index in [9.17, 15) is 19.5 Å². The van der Waals surface area contributed by atoms with Crippen LogP contribution in [0.5, 0.6) is 0 Å². The monoisotopic (exact) mass is 1290 g/mol. The molecule has 0 radical (unpaired) electrons. The van der Waals surface area contributed by atoms with Crippen LogP contribution in [0.2, 0.25) is 0 Å². The number of aliphatic carboxylic acids is 1. The van der Waals surface area contributed by atoms with Crippen LogP contribution in [-0.2, 0) is 33.3 Å². The van der Waals surface area contributed by atoms with Crippen LogP contribution in [0, 0.1) is 0 Å². The molecule has 0 aliphatic rings. The molecule has 0 aromatic carbocycles. The Morgan fingerprint density at radius 1 is 0.323 bits per heavy atom. The molecule has 0 rings (SSSR count). The summed E-state index contributed by atoms with van der Waals surface area (Å²) in [6.07, 6.45) is 106. The van der Waals surface area contributed by atoms with Crippen molar-refractivity contribution in [2.75, 3.05) is 47.5 Å². The molecule has 0 amide bonds. The van der Waals surface area contributed by atoms with E-state index in [1.165, 1.54) is 109 Å². The highest BCUT2D eigenvalue weighted by atomic mass is 16.7. The molecule has 2 atom stereocenters. The van der Waals surface area contributed by atoms with Crippen molar-refractivity contribution in [2.24, 2.45) is 0 Å². The number of allylic oxidation sites excluding steroid dienone is 28. The summed E-state index contributed by atoms with van der Waals surface area (Å²) < 4.78 is 23.0. The first-order valence-electron chi connectivity index (χ1n) is 37.3. The fourth-order valence-corrected chi connectivity index (χ4v) is 9.86. The molecule has 526 valence electrons. The maximum Gasteiger partial charge on any atom is 0.361 e. The van der Waals surface area contributed by atoms with Gasteiger partial charge in [0.15, 0.2) is 6.10 Å². The second-order valence-electron chi connectivity index (χ2n) is 25.5. The van der Waals surface area contributed by atoms with Gasteiger partial charge in [0.1, 0.15) is 13.2 Å². The average molecular weight is 1290 g/mol. The quantitative estimate of drug-likeness (QED) is 0.0211. The van der Waals surface area contributed by atoms with Gasteiger partial charge in [0.05, 0.1) is 34.4 Å². The molecule has 0 bridgehead atoms. The molecule has 0 aliphatic carbocycles. The minimum atomic E-state index is -1.52. The van der Waals surface area contributed by atoms with E-state index in [-0.39, 0.29) is 38.6 Å². The summed E-state index contributed by atoms with van der Waals surface area (Å²) in [5.41, 5.74) is 0. The van der Waals surface area contributed by atoms with Gasteiger partial charge in [-0.3, -0.25) is 9.59 Å². The van der Waals surface area contributed by atoms with Gasteiger partial charge in [-0.25, -0.2) is 4.79 Å². The molecule has 0 spiro atoms. The fourth-order valence-electron chi connectivity index (χ4n) is 9.86. The van der Waals surface area contributed by atoms with Crippen LogP contribution < -0.4 is 0 Å². The maximum absolute atomic E-state index is 13.0. The van der Waals surface area contributed by atoms with Gasteiger partial charge < -0.3 is 28.5 Å². The summed E-state index contributed by atoms with van der Waals surface area (Å²) >= 11 is 0. The second-order valence-corrected chi connectivity index (χ2v) is 25.5. The molecule has 9 nitrogen and oxygen atoms in total. The molecular formula is C84H138NO8+. The van der Waals surface area contributed by atoms with Gasteiger partial charge >= 0.3 is 17.9 Å². The molecule has 0 saturated heterocycles. The van der Waals surface area contributed by atoms with E-state index in [1.54, 1.807) is 0 Å². The second kappa shape index (κ2) is 72.5. The number of carbonyl (C=O) groups excluding carboxylic acids is 2. The molecule has 9 heteroatoms. The van der Waals surface area contributed by atoms with Crippen molar-refractivity contribution in [3.8, 4) is 0 Å². The van der Waals surface area contributed by atoms with Crippen LogP contribution in [0.25, 0.3) is 0 Å². The molecule has 0 aromatic heterocycles. The normalized spacial score (nSPS) is 13.7. The highest BCUT2D eigenvalue weighted by molar-refractivity contribution is 5.71. The Bertz CT molecular complexity index is 2140. The number of nitrogens with zero attached hydrogens (tertiary/aromatic N) is 1. The van der Waals surface area contributed by atoms with Crippen LogP contribution >= 0.6 is 0 Å². The summed E-state index contributed by atoms with van der Waals surface area (Å²) in [7, 11) is 5.97. The fraction of sp³-hybridized carbons (Fsp3) is 0.631. The number of rotatable bonds is 67. The number of carboxylic acid groups (broad SMARTS) is 1. The Morgan fingerprint density at radius 3 is 0.860 bits per heavy atom. The lowest BCUT2D eigenvalue weighted by Crippen LogP contribution is -2.40. The minimum absolute atomic E-state index is 0.177. The van der Waals surface area contributed by atoms with Gasteiger partial charge in [0.2, 0.25) is 0 Å². The van der Waals surface area contributed by atoms with Crippen molar-refractivity contribution in [3.63, 3.8) is 0 Å². The van der Waals surface area contributed by atoms with Crippen molar-refractivity contribution in [1.29, 1.82) is 0 Å². The Labute approximate surface area is 571 Å². The molecule has 0 aromatic rings. The predicted octanol–water partition coefficient (Wildman–Crippen LogP) is 23.8. The third-order valence-electron chi connectivity index (χ3n) is 15.5. The number of ether oxygens (including phenoxy) is 4. The first kappa shape index (κ1) is 87.7. The molecule has 0 heterocycles. The third-order valence-corrected chi connectivity index (χ3v) is 15.5. The van der Waals surface area contributed by atoms with Gasteiger partial charge in [-0.15, -0.1) is 0 Å². The molecule has 93 heavy (non-hydrogen) atoms. The van der Waals surface area contributed by atoms with E-state index >= 15 is 0 Å². The van der Waals surface area contributed by atoms with Crippen molar-refractivity contribution in [1.82, 2.24) is 0 Å². The van der Waals surface area contributed by atoms with Gasteiger partial charge in [-0.2, -0.15) is 0 Å². The van der Waals surface area contributed by atoms with Crippen molar-refractivity contribution < 1.29 is 42.9 Å². The summed E-state index contributed by atoms with van der Waals surface area (Å²) in [5, 5.41) is 9.76. The average Bonchev–Trinajstić information content (AvgIpc) is 3.38. The predicted molar refractivity (Wildman–Crippen MR) is 400 cm³/mol. The first-order chi connectivity index (χ1) is 45.6. The van der Waals surface area contributed by atoms with E-state index < -0.39 is 24.3 Å². The first-order valence-corrected chi connectivity index (χ1v) is 37.3. The highest BCUT2D eigenvalue weighted by Crippen LogP contribution is 2.17. The van der Waals surface area contributed by atoms with E-state index in [0.717, 1.165) is 135 Å². The maximum atomic E-state index is 13.0. The lowest BCUT2D eigenvalue weighted by atomic mass is 10.0. The van der Waals surface area contributed by atoms with Crippen LogP contribution in [0.15, 0.2) is 170 Å². The van der Waals surface area contributed by atoms with E-state index in [0.29, 0.717) is 23.9 Å². The van der Waals surface area contributed by atoms with Crippen LogP contribution in [0.3, 0.4) is 0 Å². The van der Waals surface area contributed by atoms with Crippen LogP contribution in [0.4, 0.5) is 0 Å². The zero-order valence-electron chi connectivity index (χ0n) is 60.1. The van der Waals surface area contributed by atoms with Crippen molar-refractivity contribution in [3.05, 3.63) is 170 Å². The van der Waals surface area contributed by atoms with Gasteiger partial charge in [0, 0.05) is 12.8 Å². The van der Waals surface area contributed by atoms with Crippen molar-refractivity contribution >= 4 is 17.9 Å². The van der Waals surface area contributed by atoms with E-state index in [2.05, 4.69) is 184 Å². The lowest BCUT2D eigenvalue weighted by molar-refractivity contribution is -0.870. The molecule has 1 N–H and O–H groups in total. The smallest absolute Gasteiger partial charge is 0.361 e. The number of hydrogen-bond donors (Lipinski definition) is 1. The summed E-state index contributed by atoms with van der Waals surface area (Å²) in [6, 6.07) is 0. The zero-order valence-corrected chi connectivity index (χ0v) is 60.1. The number of carbonyl (C=O) groups is 3. The highest BCUT2D eigenvalue weighted by Gasteiger charge is 2.25. The molecular weight excluding hydrogens is 1150 g/mol. The van der Waals surface area contributed by atoms with Gasteiger partial charge in [-0.1, -0.05) is 312 Å². The lowest BCUT2D eigenvalue weighted by Gasteiger charge is -2.25. The van der Waals surface area contributed by atoms with Crippen LogP contribution in [-0.4, -0.2) is 87.4 Å². The standard InChI is InChI=1S/C84H137NO8/c1-6-8-10-12-14-16-18-20-22-24-26-28-30-32-34-35-36-37-38-39-40-41-42-43-44-45-46-47-49-51-53-55-57-59-61-63-65-67-69-71-73-75-82(87)93-80(79-92-84(83(88)89)90-77-76-85(3,4)5)78-91-81(86)74-72-70-68-66-64-62-60-58-56-54-52-50-48-33-31-29-27-25-23-21-19-17-15-13-11-9-7-2/h8-11,14-17,20-23,26-29,32-34,36-37,39-40,48,52,54,58,60,80,84H,6-7,12-13,18-19,24-25,30-31,35,38,41-47,49-51,53,55-57,59,61-79H2,1-5H3/p+1/b10-8-,11-9-,16-14-,17-15-,22-20-,23-21-,28-26-,29-27-,34-32-,37-36-,40-39-,48-33-,54-52-,60-58-. The number of quaternary nitrogens is 1.